The standard InChI is InChI=1S/C18H20ClNO/c1-14(16-8-4-3-5-9-16)11-18(21)20(2)13-15-7-6-10-17(19)12-15/h3-10,12,14H,11,13H2,1-2H3. The number of amides is 1. The molecule has 3 heteroatoms. The van der Waals surface area contributed by atoms with Crippen LogP contribution in [0.1, 0.15) is 30.4 Å². The van der Waals surface area contributed by atoms with E-state index in [1.165, 1.54) is 5.56 Å². The molecule has 2 aromatic carbocycles. The average molecular weight is 302 g/mol. The van der Waals surface area contributed by atoms with Crippen LogP contribution < -0.4 is 0 Å². The van der Waals surface area contributed by atoms with Gasteiger partial charge in [0.15, 0.2) is 0 Å². The van der Waals surface area contributed by atoms with Crippen LogP contribution in [-0.2, 0) is 11.3 Å². The molecule has 0 aromatic heterocycles. The van der Waals surface area contributed by atoms with E-state index in [9.17, 15) is 4.79 Å². The summed E-state index contributed by atoms with van der Waals surface area (Å²) in [5, 5.41) is 0.700. The van der Waals surface area contributed by atoms with E-state index >= 15 is 0 Å². The molecule has 1 amide bonds. The van der Waals surface area contributed by atoms with Crippen LogP contribution in [0.15, 0.2) is 54.6 Å². The van der Waals surface area contributed by atoms with E-state index in [4.69, 9.17) is 11.6 Å². The molecule has 0 saturated heterocycles. The van der Waals surface area contributed by atoms with E-state index in [2.05, 4.69) is 19.1 Å². The van der Waals surface area contributed by atoms with Crippen molar-refractivity contribution >= 4 is 17.5 Å². The summed E-state index contributed by atoms with van der Waals surface area (Å²) < 4.78 is 0. The van der Waals surface area contributed by atoms with Crippen LogP contribution in [0, 0.1) is 0 Å². The number of benzene rings is 2. The van der Waals surface area contributed by atoms with E-state index in [1.807, 2.05) is 49.5 Å². The van der Waals surface area contributed by atoms with Gasteiger partial charge in [0, 0.05) is 25.0 Å². The molecule has 0 aliphatic heterocycles. The average Bonchev–Trinajstić information content (AvgIpc) is 2.48. The second-order valence-electron chi connectivity index (χ2n) is 5.40. The Labute approximate surface area is 131 Å². The minimum absolute atomic E-state index is 0.145. The highest BCUT2D eigenvalue weighted by Crippen LogP contribution is 2.20. The lowest BCUT2D eigenvalue weighted by Gasteiger charge is -2.20. The van der Waals surface area contributed by atoms with Gasteiger partial charge in [-0.2, -0.15) is 0 Å². The number of carbonyl (C=O) groups excluding carboxylic acids is 1. The zero-order valence-corrected chi connectivity index (χ0v) is 13.2. The van der Waals surface area contributed by atoms with E-state index in [-0.39, 0.29) is 11.8 Å². The molecule has 2 rings (SSSR count). The van der Waals surface area contributed by atoms with Crippen LogP contribution in [0.3, 0.4) is 0 Å². The molecule has 21 heavy (non-hydrogen) atoms. The second-order valence-corrected chi connectivity index (χ2v) is 5.83. The van der Waals surface area contributed by atoms with Crippen molar-refractivity contribution in [2.75, 3.05) is 7.05 Å². The largest absolute Gasteiger partial charge is 0.341 e. The van der Waals surface area contributed by atoms with Crippen molar-refractivity contribution in [3.63, 3.8) is 0 Å². The maximum Gasteiger partial charge on any atom is 0.223 e. The third kappa shape index (κ3) is 4.61. The van der Waals surface area contributed by atoms with Gasteiger partial charge < -0.3 is 4.90 Å². The molecule has 0 bridgehead atoms. The van der Waals surface area contributed by atoms with Crippen molar-refractivity contribution in [3.8, 4) is 0 Å². The van der Waals surface area contributed by atoms with Crippen LogP contribution >= 0.6 is 11.6 Å². The molecule has 0 aliphatic carbocycles. The first-order valence-electron chi connectivity index (χ1n) is 7.09. The fourth-order valence-corrected chi connectivity index (χ4v) is 2.53. The summed E-state index contributed by atoms with van der Waals surface area (Å²) >= 11 is 5.97. The molecule has 2 nitrogen and oxygen atoms in total. The first-order chi connectivity index (χ1) is 10.1. The molecule has 1 atom stereocenters. The van der Waals surface area contributed by atoms with Gasteiger partial charge in [-0.1, -0.05) is 61.0 Å². The monoisotopic (exact) mass is 301 g/mol. The summed E-state index contributed by atoms with van der Waals surface area (Å²) in [5.41, 5.74) is 2.24. The number of rotatable bonds is 5. The van der Waals surface area contributed by atoms with Crippen molar-refractivity contribution in [2.45, 2.75) is 25.8 Å². The normalized spacial score (nSPS) is 12.0. The zero-order valence-electron chi connectivity index (χ0n) is 12.4. The Morgan fingerprint density at radius 3 is 2.52 bits per heavy atom. The van der Waals surface area contributed by atoms with Gasteiger partial charge in [-0.05, 0) is 29.2 Å². The Balaban J connectivity index is 1.94. The topological polar surface area (TPSA) is 20.3 Å². The molecule has 1 unspecified atom stereocenters. The van der Waals surface area contributed by atoms with Gasteiger partial charge in [0.1, 0.15) is 0 Å². The summed E-state index contributed by atoms with van der Waals surface area (Å²) in [6.07, 6.45) is 0.515. The third-order valence-corrected chi connectivity index (χ3v) is 3.82. The minimum Gasteiger partial charge on any atom is -0.341 e. The lowest BCUT2D eigenvalue weighted by Crippen LogP contribution is -2.27. The van der Waals surface area contributed by atoms with Crippen LogP contribution in [0.4, 0.5) is 0 Å². The quantitative estimate of drug-likeness (QED) is 0.796. The SMILES string of the molecule is CC(CC(=O)N(C)Cc1cccc(Cl)c1)c1ccccc1. The first-order valence-corrected chi connectivity index (χ1v) is 7.47. The highest BCUT2D eigenvalue weighted by molar-refractivity contribution is 6.30. The van der Waals surface area contributed by atoms with E-state index in [0.29, 0.717) is 18.0 Å². The molecule has 0 radical (unpaired) electrons. The van der Waals surface area contributed by atoms with Crippen LogP contribution in [0.2, 0.25) is 5.02 Å². The van der Waals surface area contributed by atoms with Gasteiger partial charge in [0.05, 0.1) is 0 Å². The number of hydrogen-bond acceptors (Lipinski definition) is 1. The highest BCUT2D eigenvalue weighted by atomic mass is 35.5. The smallest absolute Gasteiger partial charge is 0.223 e. The van der Waals surface area contributed by atoms with Crippen LogP contribution in [-0.4, -0.2) is 17.9 Å². The predicted molar refractivity (Wildman–Crippen MR) is 87.4 cm³/mol. The Morgan fingerprint density at radius 1 is 1.14 bits per heavy atom. The fourth-order valence-electron chi connectivity index (χ4n) is 2.31. The van der Waals surface area contributed by atoms with E-state index in [1.54, 1.807) is 4.90 Å². The Bertz CT molecular complexity index is 597. The lowest BCUT2D eigenvalue weighted by molar-refractivity contribution is -0.130. The van der Waals surface area contributed by atoms with Gasteiger partial charge >= 0.3 is 0 Å². The first kappa shape index (κ1) is 15.6. The Kier molecular flexibility index (Phi) is 5.40. The van der Waals surface area contributed by atoms with Crippen molar-refractivity contribution in [1.29, 1.82) is 0 Å². The molecule has 0 spiro atoms. The third-order valence-electron chi connectivity index (χ3n) is 3.58. The van der Waals surface area contributed by atoms with Gasteiger partial charge in [-0.15, -0.1) is 0 Å². The fraction of sp³-hybridized carbons (Fsp3) is 0.278. The highest BCUT2D eigenvalue weighted by Gasteiger charge is 2.15. The van der Waals surface area contributed by atoms with Crippen molar-refractivity contribution in [3.05, 3.63) is 70.7 Å². The molecule has 110 valence electrons. The predicted octanol–water partition coefficient (Wildman–Crippen LogP) is 4.49. The van der Waals surface area contributed by atoms with E-state index < -0.39 is 0 Å². The molecule has 0 N–H and O–H groups in total. The number of nitrogens with zero attached hydrogens (tertiary/aromatic N) is 1. The number of halogens is 1. The van der Waals surface area contributed by atoms with Gasteiger partial charge in [0.2, 0.25) is 5.91 Å². The zero-order chi connectivity index (χ0) is 15.2. The molecule has 2 aromatic rings. The number of hydrogen-bond donors (Lipinski definition) is 0. The van der Waals surface area contributed by atoms with Crippen LogP contribution in [0.25, 0.3) is 0 Å². The molecular weight excluding hydrogens is 282 g/mol. The van der Waals surface area contributed by atoms with Gasteiger partial charge in [-0.25, -0.2) is 0 Å². The molecule has 0 fully saturated rings. The van der Waals surface area contributed by atoms with Gasteiger partial charge in [-0.3, -0.25) is 4.79 Å². The molecule has 0 heterocycles. The summed E-state index contributed by atoms with van der Waals surface area (Å²) in [5.74, 6) is 0.367. The maximum atomic E-state index is 12.3. The lowest BCUT2D eigenvalue weighted by atomic mass is 9.97. The summed E-state index contributed by atoms with van der Waals surface area (Å²) in [4.78, 5) is 14.1. The maximum absolute atomic E-state index is 12.3. The molecule has 0 saturated carbocycles. The van der Waals surface area contributed by atoms with E-state index in [0.717, 1.165) is 5.56 Å². The summed E-state index contributed by atoms with van der Waals surface area (Å²) in [6, 6.07) is 17.8. The minimum atomic E-state index is 0.145. The summed E-state index contributed by atoms with van der Waals surface area (Å²) in [6.45, 7) is 2.67. The van der Waals surface area contributed by atoms with Crippen molar-refractivity contribution < 1.29 is 4.79 Å². The Morgan fingerprint density at radius 2 is 1.86 bits per heavy atom. The van der Waals surface area contributed by atoms with Crippen LogP contribution in [0.5, 0.6) is 0 Å². The Hall–Kier alpha value is -1.80. The van der Waals surface area contributed by atoms with Crippen molar-refractivity contribution in [2.24, 2.45) is 0 Å². The summed E-state index contributed by atoms with van der Waals surface area (Å²) in [7, 11) is 1.83. The number of carbonyl (C=O) groups is 1. The molecular formula is C18H20ClNO. The second kappa shape index (κ2) is 7.28. The molecule has 0 aliphatic rings. The van der Waals surface area contributed by atoms with Crippen molar-refractivity contribution in [1.82, 2.24) is 4.90 Å². The van der Waals surface area contributed by atoms with Gasteiger partial charge in [0.25, 0.3) is 0 Å².